The fraction of sp³-hybridized carbons (Fsp3) is 0. The zero-order chi connectivity index (χ0) is 33.0. The third-order valence-electron chi connectivity index (χ3n) is 8.08. The SMILES string of the molecule is Clc1cc(-c2nc(-c3ccccc3)nc(-c3ccccc3)n2)ccc1-c1ccccc1-c1nc(-c2ccccc2)nc(-c2ccccc2)n1. The van der Waals surface area contributed by atoms with Crippen molar-refractivity contribution in [2.24, 2.45) is 0 Å². The van der Waals surface area contributed by atoms with Crippen molar-refractivity contribution in [1.29, 1.82) is 0 Å². The monoisotopic (exact) mass is 650 g/mol. The largest absolute Gasteiger partial charge is 0.208 e. The molecule has 8 rings (SSSR count). The van der Waals surface area contributed by atoms with Crippen LogP contribution in [0.1, 0.15) is 0 Å². The molecular weight excluding hydrogens is 624 g/mol. The van der Waals surface area contributed by atoms with E-state index in [1.54, 1.807) is 0 Å². The number of rotatable bonds is 7. The van der Waals surface area contributed by atoms with E-state index in [2.05, 4.69) is 0 Å². The van der Waals surface area contributed by atoms with E-state index < -0.39 is 0 Å². The van der Waals surface area contributed by atoms with Crippen LogP contribution >= 0.6 is 11.6 Å². The van der Waals surface area contributed by atoms with Crippen LogP contribution in [-0.4, -0.2) is 29.9 Å². The number of aromatic nitrogens is 6. The summed E-state index contributed by atoms with van der Waals surface area (Å²) in [6.45, 7) is 0. The molecule has 0 N–H and O–H groups in total. The van der Waals surface area contributed by atoms with Crippen molar-refractivity contribution in [2.45, 2.75) is 0 Å². The van der Waals surface area contributed by atoms with E-state index in [4.69, 9.17) is 41.5 Å². The predicted octanol–water partition coefficient (Wildman–Crippen LogP) is 10.4. The van der Waals surface area contributed by atoms with Gasteiger partial charge in [-0.15, -0.1) is 0 Å². The van der Waals surface area contributed by atoms with Gasteiger partial charge < -0.3 is 0 Å². The number of hydrogen-bond donors (Lipinski definition) is 0. The maximum absolute atomic E-state index is 7.12. The third-order valence-corrected chi connectivity index (χ3v) is 8.40. The second-order valence-corrected chi connectivity index (χ2v) is 11.7. The number of halogens is 1. The molecule has 0 fully saturated rings. The topological polar surface area (TPSA) is 77.3 Å². The molecule has 0 aliphatic rings. The van der Waals surface area contributed by atoms with E-state index in [0.29, 0.717) is 40.0 Å². The minimum atomic E-state index is 0.534. The Morgan fingerprint density at radius 1 is 0.265 bits per heavy atom. The van der Waals surface area contributed by atoms with Crippen molar-refractivity contribution in [1.82, 2.24) is 29.9 Å². The predicted molar refractivity (Wildman–Crippen MR) is 196 cm³/mol. The summed E-state index contributed by atoms with van der Waals surface area (Å²) in [5.41, 5.74) is 6.98. The smallest absolute Gasteiger partial charge is 0.164 e. The summed E-state index contributed by atoms with van der Waals surface area (Å²) in [5.74, 6) is 3.47. The molecule has 49 heavy (non-hydrogen) atoms. The first-order valence-electron chi connectivity index (χ1n) is 15.8. The van der Waals surface area contributed by atoms with Gasteiger partial charge in [0.25, 0.3) is 0 Å². The number of hydrogen-bond acceptors (Lipinski definition) is 6. The van der Waals surface area contributed by atoms with Crippen molar-refractivity contribution in [3.63, 3.8) is 0 Å². The summed E-state index contributed by atoms with van der Waals surface area (Å²) in [7, 11) is 0. The zero-order valence-corrected chi connectivity index (χ0v) is 26.9. The van der Waals surface area contributed by atoms with Crippen LogP contribution in [0.25, 0.3) is 79.5 Å². The summed E-state index contributed by atoms with van der Waals surface area (Å²) in [4.78, 5) is 29.4. The lowest BCUT2D eigenvalue weighted by Crippen LogP contribution is -2.01. The Hall–Kier alpha value is -6.37. The molecular formula is C42H27ClN6. The van der Waals surface area contributed by atoms with Crippen molar-refractivity contribution >= 4 is 11.6 Å². The fourth-order valence-electron chi connectivity index (χ4n) is 5.65. The molecule has 0 atom stereocenters. The number of nitrogens with zero attached hydrogens (tertiary/aromatic N) is 6. The Morgan fingerprint density at radius 3 is 0.980 bits per heavy atom. The Labute approximate surface area is 288 Å². The molecule has 0 saturated carbocycles. The average molecular weight is 651 g/mol. The molecule has 0 aliphatic carbocycles. The van der Waals surface area contributed by atoms with Gasteiger partial charge in [-0.3, -0.25) is 0 Å². The van der Waals surface area contributed by atoms with E-state index in [0.717, 1.165) is 44.5 Å². The van der Waals surface area contributed by atoms with Gasteiger partial charge in [-0.25, -0.2) is 29.9 Å². The normalized spacial score (nSPS) is 11.0. The summed E-state index contributed by atoms with van der Waals surface area (Å²) in [5, 5.41) is 0.550. The second kappa shape index (κ2) is 13.4. The van der Waals surface area contributed by atoms with E-state index in [1.807, 2.05) is 164 Å². The molecule has 0 unspecified atom stereocenters. The quantitative estimate of drug-likeness (QED) is 0.171. The van der Waals surface area contributed by atoms with Gasteiger partial charge in [-0.05, 0) is 11.6 Å². The Bertz CT molecular complexity index is 2270. The lowest BCUT2D eigenvalue weighted by molar-refractivity contribution is 1.07. The summed E-state index contributed by atoms with van der Waals surface area (Å²) >= 11 is 7.12. The van der Waals surface area contributed by atoms with Crippen LogP contribution in [0.4, 0.5) is 0 Å². The van der Waals surface area contributed by atoms with Gasteiger partial charge in [-0.1, -0.05) is 169 Å². The van der Waals surface area contributed by atoms with E-state index in [-0.39, 0.29) is 0 Å². The molecule has 0 amide bonds. The molecule has 0 aliphatic heterocycles. The lowest BCUT2D eigenvalue weighted by atomic mass is 9.97. The summed E-state index contributed by atoms with van der Waals surface area (Å²) in [6, 6.07) is 53.6. The molecule has 7 heteroatoms. The van der Waals surface area contributed by atoms with Crippen LogP contribution < -0.4 is 0 Å². The highest BCUT2D eigenvalue weighted by molar-refractivity contribution is 6.33. The molecule has 0 bridgehead atoms. The molecule has 6 aromatic carbocycles. The molecule has 6 nitrogen and oxygen atoms in total. The van der Waals surface area contributed by atoms with Crippen LogP contribution in [0.15, 0.2) is 164 Å². The average Bonchev–Trinajstić information content (AvgIpc) is 3.19. The molecule has 0 spiro atoms. The highest BCUT2D eigenvalue weighted by Gasteiger charge is 2.18. The molecule has 8 aromatic rings. The van der Waals surface area contributed by atoms with Crippen molar-refractivity contribution in [3.05, 3.63) is 169 Å². The van der Waals surface area contributed by atoms with Gasteiger partial charge in [0.2, 0.25) is 0 Å². The highest BCUT2D eigenvalue weighted by atomic mass is 35.5. The first-order chi connectivity index (χ1) is 24.2. The summed E-state index contributed by atoms with van der Waals surface area (Å²) in [6.07, 6.45) is 0. The van der Waals surface area contributed by atoms with Gasteiger partial charge in [0.1, 0.15) is 0 Å². The molecule has 2 aromatic heterocycles. The van der Waals surface area contributed by atoms with Crippen LogP contribution in [0.3, 0.4) is 0 Å². The Kier molecular flexibility index (Phi) is 8.20. The van der Waals surface area contributed by atoms with Crippen molar-refractivity contribution in [3.8, 4) is 79.5 Å². The van der Waals surface area contributed by atoms with Crippen LogP contribution in [-0.2, 0) is 0 Å². The minimum Gasteiger partial charge on any atom is -0.208 e. The second-order valence-electron chi connectivity index (χ2n) is 11.3. The van der Waals surface area contributed by atoms with Crippen molar-refractivity contribution < 1.29 is 0 Å². The van der Waals surface area contributed by atoms with E-state index >= 15 is 0 Å². The molecule has 2 heterocycles. The summed E-state index contributed by atoms with van der Waals surface area (Å²) < 4.78 is 0. The van der Waals surface area contributed by atoms with Gasteiger partial charge in [0.05, 0.1) is 0 Å². The molecule has 0 saturated heterocycles. The maximum Gasteiger partial charge on any atom is 0.164 e. The standard InChI is InChI=1S/C42H27ClN6/c43-36-27-32(41-46-37(28-15-5-1-6-16-28)44-38(47-41)29-17-7-2-8-18-29)25-26-34(36)33-23-13-14-24-35(33)42-48-39(30-19-9-3-10-20-30)45-40(49-42)31-21-11-4-12-22-31/h1-27H. The van der Waals surface area contributed by atoms with Gasteiger partial charge in [0, 0.05) is 44.0 Å². The van der Waals surface area contributed by atoms with Crippen LogP contribution in [0, 0.1) is 0 Å². The first-order valence-corrected chi connectivity index (χ1v) is 16.2. The maximum atomic E-state index is 7.12. The molecule has 0 radical (unpaired) electrons. The van der Waals surface area contributed by atoms with Crippen LogP contribution in [0.5, 0.6) is 0 Å². The van der Waals surface area contributed by atoms with E-state index in [9.17, 15) is 0 Å². The lowest BCUT2D eigenvalue weighted by Gasteiger charge is -2.14. The highest BCUT2D eigenvalue weighted by Crippen LogP contribution is 2.38. The van der Waals surface area contributed by atoms with Gasteiger partial charge >= 0.3 is 0 Å². The van der Waals surface area contributed by atoms with Gasteiger partial charge in [-0.2, -0.15) is 0 Å². The first kappa shape index (κ1) is 30.0. The Balaban J connectivity index is 1.23. The third kappa shape index (κ3) is 6.33. The van der Waals surface area contributed by atoms with Crippen LogP contribution in [0.2, 0.25) is 5.02 Å². The fourth-order valence-corrected chi connectivity index (χ4v) is 5.93. The van der Waals surface area contributed by atoms with Crippen molar-refractivity contribution in [2.75, 3.05) is 0 Å². The minimum absolute atomic E-state index is 0.534. The zero-order valence-electron chi connectivity index (χ0n) is 26.1. The number of benzene rings is 6. The van der Waals surface area contributed by atoms with E-state index in [1.165, 1.54) is 0 Å². The molecule has 232 valence electrons. The van der Waals surface area contributed by atoms with Gasteiger partial charge in [0.15, 0.2) is 34.9 Å². The Morgan fingerprint density at radius 2 is 0.592 bits per heavy atom.